The maximum atomic E-state index is 14.1. The molecule has 5 aromatic rings. The lowest BCUT2D eigenvalue weighted by atomic mass is 9.73. The largest absolute Gasteiger partial charge is 0.471 e. The highest BCUT2D eigenvalue weighted by Crippen LogP contribution is 2.41. The van der Waals surface area contributed by atoms with Gasteiger partial charge >= 0.3 is 12.1 Å². The zero-order chi connectivity index (χ0) is 38.5. The van der Waals surface area contributed by atoms with Crippen LogP contribution in [-0.4, -0.2) is 59.9 Å². The van der Waals surface area contributed by atoms with E-state index in [1.54, 1.807) is 24.3 Å². The Hall–Kier alpha value is -4.88. The Morgan fingerprint density at radius 2 is 0.945 bits per heavy atom. The molecule has 1 amide bonds. The van der Waals surface area contributed by atoms with E-state index < -0.39 is 48.1 Å². The van der Waals surface area contributed by atoms with Gasteiger partial charge < -0.3 is 34.1 Å². The van der Waals surface area contributed by atoms with Gasteiger partial charge in [-0.05, 0) is 27.8 Å². The standard InChI is InChI=1S/C44H44F3NO7/c45-44(46,47)42(50)48-37-38(52-27-33-18-8-2-9-19-33)39(53-28-34-20-10-3-11-21-34)41(54-29-35-22-12-4-13-23-35)43(40(37)49,55-30-36-24-14-5-15-25-36)31-51-26-32-16-6-1-7-17-32/h1-25,37-41,49H,26-31H2,(H,48,50)/t37-,38+,39-,40+,41+,43-/m1/s1. The third-order valence-corrected chi connectivity index (χ3v) is 9.49. The highest BCUT2D eigenvalue weighted by Gasteiger charge is 2.63. The van der Waals surface area contributed by atoms with Gasteiger partial charge in [0.25, 0.3) is 0 Å². The molecule has 0 radical (unpaired) electrons. The van der Waals surface area contributed by atoms with Crippen LogP contribution >= 0.6 is 0 Å². The van der Waals surface area contributed by atoms with E-state index in [0.717, 1.165) is 22.3 Å². The van der Waals surface area contributed by atoms with Crippen molar-refractivity contribution in [2.45, 2.75) is 75.3 Å². The topological polar surface area (TPSA) is 95.5 Å². The van der Waals surface area contributed by atoms with Gasteiger partial charge in [0.05, 0.1) is 45.7 Å². The molecule has 6 atom stereocenters. The Kier molecular flexibility index (Phi) is 13.8. The first-order valence-electron chi connectivity index (χ1n) is 18.0. The van der Waals surface area contributed by atoms with Gasteiger partial charge in [-0.1, -0.05) is 152 Å². The average Bonchev–Trinajstić information content (AvgIpc) is 3.21. The summed E-state index contributed by atoms with van der Waals surface area (Å²) in [5.74, 6) is -2.25. The summed E-state index contributed by atoms with van der Waals surface area (Å²) < 4.78 is 75.1. The van der Waals surface area contributed by atoms with Gasteiger partial charge in [-0.25, -0.2) is 0 Å². The van der Waals surface area contributed by atoms with Crippen LogP contribution in [0, 0.1) is 0 Å². The van der Waals surface area contributed by atoms with E-state index in [4.69, 9.17) is 23.7 Å². The molecule has 0 bridgehead atoms. The average molecular weight is 756 g/mol. The highest BCUT2D eigenvalue weighted by atomic mass is 19.4. The molecular weight excluding hydrogens is 711 g/mol. The van der Waals surface area contributed by atoms with Crippen LogP contribution < -0.4 is 5.32 Å². The lowest BCUT2D eigenvalue weighted by Crippen LogP contribution is -2.77. The lowest BCUT2D eigenvalue weighted by molar-refractivity contribution is -0.306. The van der Waals surface area contributed by atoms with Crippen LogP contribution in [0.15, 0.2) is 152 Å². The van der Waals surface area contributed by atoms with Gasteiger partial charge in [0, 0.05) is 0 Å². The minimum absolute atomic E-state index is 0.00241. The Balaban J connectivity index is 1.47. The number of ether oxygens (including phenoxy) is 5. The molecule has 5 aromatic carbocycles. The van der Waals surface area contributed by atoms with Crippen molar-refractivity contribution < 1.29 is 46.8 Å². The van der Waals surface area contributed by atoms with Crippen molar-refractivity contribution in [3.8, 4) is 0 Å². The SMILES string of the molecule is O=C(N[C@@H]1[C@H](OCc2ccccc2)[C@@H](OCc2ccccc2)[C@H](OCc2ccccc2)[C@](COCc2ccccc2)(OCc2ccccc2)[C@H]1O)C(F)(F)F. The molecule has 1 saturated carbocycles. The number of carbonyl (C=O) groups is 1. The normalized spacial score (nSPS) is 22.6. The number of alkyl halides is 3. The summed E-state index contributed by atoms with van der Waals surface area (Å²) >= 11 is 0. The molecule has 0 spiro atoms. The van der Waals surface area contributed by atoms with E-state index in [-0.39, 0.29) is 39.6 Å². The predicted molar refractivity (Wildman–Crippen MR) is 199 cm³/mol. The summed E-state index contributed by atoms with van der Waals surface area (Å²) in [7, 11) is 0. The van der Waals surface area contributed by atoms with Crippen molar-refractivity contribution in [2.24, 2.45) is 0 Å². The number of rotatable bonds is 17. The second-order valence-electron chi connectivity index (χ2n) is 13.4. The maximum absolute atomic E-state index is 14.1. The molecule has 2 N–H and O–H groups in total. The van der Waals surface area contributed by atoms with Crippen LogP contribution in [0.1, 0.15) is 27.8 Å². The molecule has 1 fully saturated rings. The fraction of sp³-hybridized carbons (Fsp3) is 0.295. The molecule has 11 heteroatoms. The van der Waals surface area contributed by atoms with E-state index in [9.17, 15) is 23.1 Å². The van der Waals surface area contributed by atoms with Crippen LogP contribution in [-0.2, 0) is 61.5 Å². The molecule has 0 unspecified atom stereocenters. The highest BCUT2D eigenvalue weighted by molar-refractivity contribution is 5.82. The van der Waals surface area contributed by atoms with Crippen molar-refractivity contribution in [3.63, 3.8) is 0 Å². The van der Waals surface area contributed by atoms with E-state index in [0.29, 0.717) is 5.56 Å². The summed E-state index contributed by atoms with van der Waals surface area (Å²) in [5, 5.41) is 14.7. The number of carbonyl (C=O) groups excluding carboxylic acids is 1. The summed E-state index contributed by atoms with van der Waals surface area (Å²) in [4.78, 5) is 12.8. The molecule has 0 heterocycles. The van der Waals surface area contributed by atoms with Gasteiger partial charge in [0.2, 0.25) is 0 Å². The van der Waals surface area contributed by atoms with Crippen LogP contribution in [0.4, 0.5) is 13.2 Å². The number of halogens is 3. The van der Waals surface area contributed by atoms with Gasteiger partial charge in [-0.3, -0.25) is 4.79 Å². The van der Waals surface area contributed by atoms with E-state index in [1.165, 1.54) is 0 Å². The molecule has 0 saturated heterocycles. The molecule has 288 valence electrons. The minimum Gasteiger partial charge on any atom is -0.388 e. The van der Waals surface area contributed by atoms with Crippen LogP contribution in [0.5, 0.6) is 0 Å². The fourth-order valence-corrected chi connectivity index (χ4v) is 6.68. The number of hydrogen-bond donors (Lipinski definition) is 2. The summed E-state index contributed by atoms with van der Waals surface area (Å²) in [5.41, 5.74) is 1.88. The number of aliphatic hydroxyl groups is 1. The van der Waals surface area contributed by atoms with E-state index in [2.05, 4.69) is 5.32 Å². The quantitative estimate of drug-likeness (QED) is 0.103. The van der Waals surface area contributed by atoms with Gasteiger partial charge in [-0.15, -0.1) is 0 Å². The third-order valence-electron chi connectivity index (χ3n) is 9.49. The third kappa shape index (κ3) is 10.7. The fourth-order valence-electron chi connectivity index (χ4n) is 6.68. The van der Waals surface area contributed by atoms with E-state index >= 15 is 0 Å². The molecule has 0 aliphatic heterocycles. The van der Waals surface area contributed by atoms with Crippen LogP contribution in [0.2, 0.25) is 0 Å². The van der Waals surface area contributed by atoms with Crippen LogP contribution in [0.3, 0.4) is 0 Å². The Morgan fingerprint density at radius 3 is 1.38 bits per heavy atom. The Morgan fingerprint density at radius 1 is 0.564 bits per heavy atom. The Labute approximate surface area is 318 Å². The first-order valence-corrected chi connectivity index (χ1v) is 18.0. The number of nitrogens with one attached hydrogen (secondary N) is 1. The number of benzene rings is 5. The van der Waals surface area contributed by atoms with Gasteiger partial charge in [0.15, 0.2) is 0 Å². The predicted octanol–water partition coefficient (Wildman–Crippen LogP) is 7.34. The number of hydrogen-bond acceptors (Lipinski definition) is 7. The summed E-state index contributed by atoms with van der Waals surface area (Å²) in [6.07, 6.45) is -10.9. The van der Waals surface area contributed by atoms with E-state index in [1.807, 2.05) is 127 Å². The lowest BCUT2D eigenvalue weighted by Gasteiger charge is -2.55. The van der Waals surface area contributed by atoms with Crippen LogP contribution in [0.25, 0.3) is 0 Å². The minimum atomic E-state index is -5.28. The first kappa shape index (κ1) is 39.8. The van der Waals surface area contributed by atoms with Gasteiger partial charge in [0.1, 0.15) is 30.0 Å². The monoisotopic (exact) mass is 755 g/mol. The van der Waals surface area contributed by atoms with Crippen molar-refractivity contribution in [2.75, 3.05) is 6.61 Å². The van der Waals surface area contributed by atoms with Crippen molar-refractivity contribution >= 4 is 5.91 Å². The maximum Gasteiger partial charge on any atom is 0.471 e. The Bertz CT molecular complexity index is 1870. The van der Waals surface area contributed by atoms with Gasteiger partial charge in [-0.2, -0.15) is 13.2 Å². The zero-order valence-electron chi connectivity index (χ0n) is 30.1. The number of amides is 1. The van der Waals surface area contributed by atoms with Crippen molar-refractivity contribution in [3.05, 3.63) is 179 Å². The molecule has 1 aliphatic carbocycles. The molecule has 6 rings (SSSR count). The number of aliphatic hydroxyl groups excluding tert-OH is 1. The molecule has 1 aliphatic rings. The first-order chi connectivity index (χ1) is 26.7. The second-order valence-corrected chi connectivity index (χ2v) is 13.4. The second kappa shape index (κ2) is 19.1. The summed E-state index contributed by atoms with van der Waals surface area (Å²) in [6, 6.07) is 44.3. The molecule has 55 heavy (non-hydrogen) atoms. The molecule has 8 nitrogen and oxygen atoms in total. The molecule has 0 aromatic heterocycles. The molecular formula is C44H44F3NO7. The van der Waals surface area contributed by atoms with Crippen molar-refractivity contribution in [1.29, 1.82) is 0 Å². The zero-order valence-corrected chi connectivity index (χ0v) is 30.1. The smallest absolute Gasteiger partial charge is 0.388 e. The van der Waals surface area contributed by atoms with Crippen molar-refractivity contribution in [1.82, 2.24) is 5.32 Å². The summed E-state index contributed by atoms with van der Waals surface area (Å²) in [6.45, 7) is -0.418.